The number of nitrogens with two attached hydrogens (primary N) is 1. The van der Waals surface area contributed by atoms with Gasteiger partial charge in [-0.25, -0.2) is 4.99 Å². The van der Waals surface area contributed by atoms with Gasteiger partial charge in [0.1, 0.15) is 5.75 Å². The third kappa shape index (κ3) is 6.87. The van der Waals surface area contributed by atoms with E-state index in [0.717, 1.165) is 12.1 Å². The Hall–Kier alpha value is -0.690. The lowest BCUT2D eigenvalue weighted by Crippen LogP contribution is -2.34. The third-order valence-corrected chi connectivity index (χ3v) is 2.63. The number of methoxy groups -OCH3 is 1. The Morgan fingerprint density at radius 2 is 2.16 bits per heavy atom. The van der Waals surface area contributed by atoms with E-state index in [1.165, 1.54) is 0 Å². The molecule has 0 fully saturated rings. The first-order valence-electron chi connectivity index (χ1n) is 5.89. The van der Waals surface area contributed by atoms with Crippen molar-refractivity contribution in [3.8, 4) is 5.75 Å². The first-order valence-corrected chi connectivity index (χ1v) is 6.27. The first kappa shape index (κ1) is 18.3. The van der Waals surface area contributed by atoms with Gasteiger partial charge in [0.15, 0.2) is 5.96 Å². The van der Waals surface area contributed by atoms with E-state index >= 15 is 0 Å². The predicted octanol–water partition coefficient (Wildman–Crippen LogP) is 3.03. The lowest BCUT2D eigenvalue weighted by Gasteiger charge is -2.08. The molecule has 0 aromatic heterocycles. The maximum Gasteiger partial charge on any atom is 0.188 e. The number of aliphatic imine (C=N–C) groups is 1. The van der Waals surface area contributed by atoms with Crippen molar-refractivity contribution in [1.29, 1.82) is 0 Å². The van der Waals surface area contributed by atoms with Crippen molar-refractivity contribution < 1.29 is 4.74 Å². The lowest BCUT2D eigenvalue weighted by molar-refractivity contribution is 0.415. The number of nitrogens with one attached hydrogen (secondary N) is 1. The molecule has 1 rings (SSSR count). The van der Waals surface area contributed by atoms with Gasteiger partial charge in [-0.2, -0.15) is 0 Å². The van der Waals surface area contributed by atoms with Crippen LogP contribution in [0, 0.1) is 5.92 Å². The monoisotopic (exact) mass is 397 g/mol. The van der Waals surface area contributed by atoms with Crippen LogP contribution in [0.4, 0.5) is 0 Å². The van der Waals surface area contributed by atoms with Crippen molar-refractivity contribution >= 4 is 41.5 Å². The van der Waals surface area contributed by atoms with Crippen LogP contribution in [0.2, 0.25) is 5.02 Å². The summed E-state index contributed by atoms with van der Waals surface area (Å²) in [4.78, 5) is 4.25. The van der Waals surface area contributed by atoms with Gasteiger partial charge in [0.25, 0.3) is 0 Å². The Morgan fingerprint density at radius 3 is 2.68 bits per heavy atom. The van der Waals surface area contributed by atoms with Crippen LogP contribution in [0.15, 0.2) is 23.2 Å². The fourth-order valence-corrected chi connectivity index (χ4v) is 1.63. The summed E-state index contributed by atoms with van der Waals surface area (Å²) in [6.45, 7) is 5.55. The van der Waals surface area contributed by atoms with Crippen molar-refractivity contribution in [2.45, 2.75) is 20.4 Å². The largest absolute Gasteiger partial charge is 0.495 e. The molecule has 0 aliphatic heterocycles. The molecule has 108 valence electrons. The van der Waals surface area contributed by atoms with E-state index in [4.69, 9.17) is 22.1 Å². The fourth-order valence-electron chi connectivity index (χ4n) is 1.35. The normalized spacial score (nSPS) is 11.1. The van der Waals surface area contributed by atoms with Gasteiger partial charge in [0.2, 0.25) is 0 Å². The summed E-state index contributed by atoms with van der Waals surface area (Å²) in [6, 6.07) is 5.58. The van der Waals surface area contributed by atoms with E-state index in [9.17, 15) is 0 Å². The minimum atomic E-state index is 0. The van der Waals surface area contributed by atoms with Gasteiger partial charge in [0.05, 0.1) is 18.7 Å². The molecule has 1 aromatic carbocycles. The molecule has 6 heteroatoms. The number of hydrogen-bond donors (Lipinski definition) is 2. The molecule has 0 atom stereocenters. The van der Waals surface area contributed by atoms with Crippen LogP contribution >= 0.6 is 35.6 Å². The van der Waals surface area contributed by atoms with Gasteiger partial charge >= 0.3 is 0 Å². The molecular weight excluding hydrogens is 377 g/mol. The summed E-state index contributed by atoms with van der Waals surface area (Å²) >= 11 is 6.03. The van der Waals surface area contributed by atoms with Gasteiger partial charge < -0.3 is 15.8 Å². The van der Waals surface area contributed by atoms with Crippen LogP contribution < -0.4 is 15.8 Å². The molecule has 0 unspecified atom stereocenters. The zero-order valence-corrected chi connectivity index (χ0v) is 14.5. The Morgan fingerprint density at radius 1 is 1.47 bits per heavy atom. The summed E-state index contributed by atoms with van der Waals surface area (Å²) in [5.41, 5.74) is 6.74. The van der Waals surface area contributed by atoms with Crippen molar-refractivity contribution in [2.75, 3.05) is 13.7 Å². The Labute approximate surface area is 136 Å². The van der Waals surface area contributed by atoms with E-state index < -0.39 is 0 Å². The van der Waals surface area contributed by atoms with Crippen LogP contribution in [0.3, 0.4) is 0 Å². The zero-order chi connectivity index (χ0) is 13.5. The minimum absolute atomic E-state index is 0. The third-order valence-electron chi connectivity index (χ3n) is 2.34. The summed E-state index contributed by atoms with van der Waals surface area (Å²) in [5.74, 6) is 1.65. The average Bonchev–Trinajstić information content (AvgIpc) is 2.34. The van der Waals surface area contributed by atoms with E-state index in [-0.39, 0.29) is 24.0 Å². The molecule has 0 spiro atoms. The fraction of sp³-hybridized carbons (Fsp3) is 0.462. The molecule has 0 saturated heterocycles. The molecule has 0 aliphatic rings. The Balaban J connectivity index is 0.00000324. The number of hydrogen-bond acceptors (Lipinski definition) is 2. The first-order chi connectivity index (χ1) is 8.52. The molecule has 1 aromatic rings. The van der Waals surface area contributed by atoms with Gasteiger partial charge in [0, 0.05) is 6.54 Å². The summed E-state index contributed by atoms with van der Waals surface area (Å²) < 4.78 is 5.09. The van der Waals surface area contributed by atoms with Crippen molar-refractivity contribution in [1.82, 2.24) is 5.32 Å². The topological polar surface area (TPSA) is 59.6 Å². The predicted molar refractivity (Wildman–Crippen MR) is 91.6 cm³/mol. The lowest BCUT2D eigenvalue weighted by atomic mass is 10.2. The number of rotatable bonds is 5. The van der Waals surface area contributed by atoms with Crippen LogP contribution in [0.5, 0.6) is 5.75 Å². The second kappa shape index (κ2) is 9.25. The van der Waals surface area contributed by atoms with Gasteiger partial charge in [-0.15, -0.1) is 24.0 Å². The SMILES string of the molecule is COc1ccc(CN=C(N)NCC(C)C)cc1Cl.I. The maximum absolute atomic E-state index is 6.03. The van der Waals surface area contributed by atoms with E-state index in [1.54, 1.807) is 7.11 Å². The highest BCUT2D eigenvalue weighted by atomic mass is 127. The molecule has 3 N–H and O–H groups in total. The molecule has 0 saturated carbocycles. The van der Waals surface area contributed by atoms with E-state index in [0.29, 0.717) is 29.2 Å². The number of guanidine groups is 1. The highest BCUT2D eigenvalue weighted by molar-refractivity contribution is 14.0. The van der Waals surface area contributed by atoms with Crippen molar-refractivity contribution in [2.24, 2.45) is 16.6 Å². The number of ether oxygens (including phenoxy) is 1. The Bertz CT molecular complexity index is 424. The number of halogens is 2. The second-order valence-corrected chi connectivity index (χ2v) is 4.85. The number of nitrogens with zero attached hydrogens (tertiary/aromatic N) is 1. The molecule has 0 aliphatic carbocycles. The van der Waals surface area contributed by atoms with Crippen LogP contribution in [-0.4, -0.2) is 19.6 Å². The highest BCUT2D eigenvalue weighted by Gasteiger charge is 2.01. The summed E-state index contributed by atoms with van der Waals surface area (Å²) in [7, 11) is 1.59. The standard InChI is InChI=1S/C13H20ClN3O.HI/c1-9(2)7-16-13(15)17-8-10-4-5-12(18-3)11(14)6-10;/h4-6,9H,7-8H2,1-3H3,(H3,15,16,17);1H. The molecule has 0 amide bonds. The maximum atomic E-state index is 6.03. The quantitative estimate of drug-likeness (QED) is 0.456. The molecule has 0 bridgehead atoms. The molecule has 4 nitrogen and oxygen atoms in total. The number of benzene rings is 1. The van der Waals surface area contributed by atoms with Gasteiger partial charge in [-0.3, -0.25) is 0 Å². The molecule has 0 radical (unpaired) electrons. The average molecular weight is 398 g/mol. The van der Waals surface area contributed by atoms with Crippen molar-refractivity contribution in [3.63, 3.8) is 0 Å². The van der Waals surface area contributed by atoms with E-state index in [1.807, 2.05) is 18.2 Å². The molecule has 0 heterocycles. The smallest absolute Gasteiger partial charge is 0.188 e. The van der Waals surface area contributed by atoms with Crippen LogP contribution in [0.25, 0.3) is 0 Å². The summed E-state index contributed by atoms with van der Waals surface area (Å²) in [5, 5.41) is 3.64. The Kier molecular flexibility index (Phi) is 8.92. The van der Waals surface area contributed by atoms with Gasteiger partial charge in [-0.05, 0) is 23.6 Å². The minimum Gasteiger partial charge on any atom is -0.495 e. The second-order valence-electron chi connectivity index (χ2n) is 4.45. The molecule has 19 heavy (non-hydrogen) atoms. The van der Waals surface area contributed by atoms with Crippen LogP contribution in [-0.2, 0) is 6.54 Å². The van der Waals surface area contributed by atoms with Crippen molar-refractivity contribution in [3.05, 3.63) is 28.8 Å². The summed E-state index contributed by atoms with van der Waals surface area (Å²) in [6.07, 6.45) is 0. The zero-order valence-electron chi connectivity index (χ0n) is 11.4. The van der Waals surface area contributed by atoms with Gasteiger partial charge in [-0.1, -0.05) is 31.5 Å². The van der Waals surface area contributed by atoms with E-state index in [2.05, 4.69) is 24.2 Å². The molecular formula is C13H21ClIN3O. The highest BCUT2D eigenvalue weighted by Crippen LogP contribution is 2.25. The van der Waals surface area contributed by atoms with Crippen LogP contribution in [0.1, 0.15) is 19.4 Å².